The Labute approximate surface area is 203 Å². The second-order valence-electron chi connectivity index (χ2n) is 8.51. The number of carbonyl (C=O) groups is 1. The number of para-hydroxylation sites is 1. The van der Waals surface area contributed by atoms with Gasteiger partial charge in [0.15, 0.2) is 11.7 Å². The smallest absolute Gasteiger partial charge is 0.266 e. The number of aromatic nitrogens is 3. The third-order valence-corrected chi connectivity index (χ3v) is 6.68. The molecule has 4 aromatic rings. The van der Waals surface area contributed by atoms with Crippen molar-refractivity contribution in [1.82, 2.24) is 14.8 Å². The molecule has 0 atom stereocenters. The van der Waals surface area contributed by atoms with E-state index in [0.29, 0.717) is 35.6 Å². The molecule has 2 heterocycles. The molecule has 0 radical (unpaired) electrons. The van der Waals surface area contributed by atoms with Crippen molar-refractivity contribution < 1.29 is 14.3 Å². The molecule has 0 aliphatic carbocycles. The minimum Gasteiger partial charge on any atom is -0.497 e. The molecule has 178 valence electrons. The van der Waals surface area contributed by atoms with E-state index in [-0.39, 0.29) is 12.5 Å². The van der Waals surface area contributed by atoms with Crippen molar-refractivity contribution in [2.75, 3.05) is 25.2 Å². The lowest BCUT2D eigenvalue weighted by Gasteiger charge is -2.20. The van der Waals surface area contributed by atoms with Gasteiger partial charge in [0, 0.05) is 18.3 Å². The number of benzene rings is 2. The van der Waals surface area contributed by atoms with E-state index in [9.17, 15) is 4.79 Å². The molecule has 0 aliphatic rings. The highest BCUT2D eigenvalue weighted by Crippen LogP contribution is 2.33. The van der Waals surface area contributed by atoms with Crippen molar-refractivity contribution in [3.63, 3.8) is 0 Å². The first-order chi connectivity index (χ1) is 16.4. The standard InChI is InChI=1S/C26H30N4O3S/c1-17(2)22-10-7-11-23-25(22)27-26(34-23)29(12-13-30-19(4)14-18(3)28-30)24(31)16-33-21-9-6-8-20(15-21)32-5/h6-11,14-15,17H,12-13,16H2,1-5H3. The fourth-order valence-corrected chi connectivity index (χ4v) is 4.92. The Morgan fingerprint density at radius 1 is 1.12 bits per heavy atom. The first kappa shape index (κ1) is 23.8. The van der Waals surface area contributed by atoms with Crippen LogP contribution in [0.1, 0.15) is 36.7 Å². The van der Waals surface area contributed by atoms with Crippen LogP contribution in [0.4, 0.5) is 5.13 Å². The highest BCUT2D eigenvalue weighted by atomic mass is 32.1. The van der Waals surface area contributed by atoms with Gasteiger partial charge in [-0.3, -0.25) is 14.4 Å². The molecule has 7 nitrogen and oxygen atoms in total. The van der Waals surface area contributed by atoms with Crippen LogP contribution in [0.2, 0.25) is 0 Å². The molecular weight excluding hydrogens is 448 g/mol. The van der Waals surface area contributed by atoms with Crippen LogP contribution in [-0.4, -0.2) is 40.9 Å². The zero-order valence-corrected chi connectivity index (χ0v) is 21.1. The number of methoxy groups -OCH3 is 1. The second kappa shape index (κ2) is 10.3. The van der Waals surface area contributed by atoms with Crippen molar-refractivity contribution in [2.45, 2.75) is 40.2 Å². The topological polar surface area (TPSA) is 69.5 Å². The van der Waals surface area contributed by atoms with Gasteiger partial charge >= 0.3 is 0 Å². The molecule has 0 aliphatic heterocycles. The summed E-state index contributed by atoms with van der Waals surface area (Å²) in [5.74, 6) is 1.44. The minimum atomic E-state index is -0.158. The molecule has 0 saturated heterocycles. The molecule has 8 heteroatoms. The molecule has 2 aromatic heterocycles. The molecule has 2 aromatic carbocycles. The molecule has 0 fully saturated rings. The average molecular weight is 479 g/mol. The molecule has 0 spiro atoms. The van der Waals surface area contributed by atoms with E-state index in [1.807, 2.05) is 48.9 Å². The lowest BCUT2D eigenvalue weighted by atomic mass is 10.0. The summed E-state index contributed by atoms with van der Waals surface area (Å²) in [5, 5.41) is 5.21. The molecule has 0 N–H and O–H groups in total. The van der Waals surface area contributed by atoms with Crippen molar-refractivity contribution in [3.8, 4) is 11.5 Å². The van der Waals surface area contributed by atoms with Gasteiger partial charge in [0.25, 0.3) is 5.91 Å². The number of anilines is 1. The third kappa shape index (κ3) is 5.22. The summed E-state index contributed by atoms with van der Waals surface area (Å²) in [6.45, 7) is 9.21. The number of amides is 1. The van der Waals surface area contributed by atoms with Crippen LogP contribution in [0.3, 0.4) is 0 Å². The Balaban J connectivity index is 1.60. The monoisotopic (exact) mass is 478 g/mol. The Kier molecular flexibility index (Phi) is 7.17. The predicted octanol–water partition coefficient (Wildman–Crippen LogP) is 5.35. The number of thiazole rings is 1. The van der Waals surface area contributed by atoms with Crippen LogP contribution < -0.4 is 14.4 Å². The lowest BCUT2D eigenvalue weighted by Crippen LogP contribution is -2.37. The third-order valence-electron chi connectivity index (χ3n) is 5.64. The van der Waals surface area contributed by atoms with Crippen molar-refractivity contribution in [3.05, 3.63) is 65.5 Å². The quantitative estimate of drug-likeness (QED) is 0.324. The maximum atomic E-state index is 13.4. The molecule has 4 rings (SSSR count). The van der Waals surface area contributed by atoms with Crippen LogP contribution in [0.5, 0.6) is 11.5 Å². The van der Waals surface area contributed by atoms with Gasteiger partial charge in [0.2, 0.25) is 0 Å². The lowest BCUT2D eigenvalue weighted by molar-refractivity contribution is -0.120. The normalized spacial score (nSPS) is 11.2. The maximum Gasteiger partial charge on any atom is 0.266 e. The fraction of sp³-hybridized carbons (Fsp3) is 0.346. The van der Waals surface area contributed by atoms with Gasteiger partial charge in [-0.25, -0.2) is 4.98 Å². The van der Waals surface area contributed by atoms with Crippen molar-refractivity contribution in [2.24, 2.45) is 0 Å². The largest absolute Gasteiger partial charge is 0.497 e. The Morgan fingerprint density at radius 2 is 1.88 bits per heavy atom. The maximum absolute atomic E-state index is 13.4. The van der Waals surface area contributed by atoms with Crippen LogP contribution in [0.25, 0.3) is 10.2 Å². The van der Waals surface area contributed by atoms with E-state index >= 15 is 0 Å². The number of fused-ring (bicyclic) bond motifs is 1. The van der Waals surface area contributed by atoms with Crippen LogP contribution in [0, 0.1) is 13.8 Å². The Bertz CT molecular complexity index is 1290. The molecule has 0 unspecified atom stereocenters. The average Bonchev–Trinajstić information content (AvgIpc) is 3.39. The zero-order chi connectivity index (χ0) is 24.2. The first-order valence-corrected chi connectivity index (χ1v) is 12.1. The summed E-state index contributed by atoms with van der Waals surface area (Å²) >= 11 is 1.53. The summed E-state index contributed by atoms with van der Waals surface area (Å²) in [4.78, 5) is 20.0. The van der Waals surface area contributed by atoms with Gasteiger partial charge in [0.05, 0.1) is 29.6 Å². The number of rotatable bonds is 9. The second-order valence-corrected chi connectivity index (χ2v) is 9.52. The van der Waals surface area contributed by atoms with E-state index in [4.69, 9.17) is 14.5 Å². The van der Waals surface area contributed by atoms with Gasteiger partial charge in [-0.15, -0.1) is 0 Å². The van der Waals surface area contributed by atoms with Gasteiger partial charge in [-0.2, -0.15) is 5.10 Å². The molecule has 34 heavy (non-hydrogen) atoms. The molecule has 0 bridgehead atoms. The zero-order valence-electron chi connectivity index (χ0n) is 20.2. The van der Waals surface area contributed by atoms with Crippen LogP contribution >= 0.6 is 11.3 Å². The van der Waals surface area contributed by atoms with Crippen LogP contribution in [-0.2, 0) is 11.3 Å². The first-order valence-electron chi connectivity index (χ1n) is 11.3. The number of hydrogen-bond donors (Lipinski definition) is 0. The van der Waals surface area contributed by atoms with E-state index in [0.717, 1.165) is 21.6 Å². The number of ether oxygens (including phenoxy) is 2. The summed E-state index contributed by atoms with van der Waals surface area (Å²) in [6, 6.07) is 15.5. The van der Waals surface area contributed by atoms with Gasteiger partial charge in [-0.05, 0) is 49.6 Å². The van der Waals surface area contributed by atoms with E-state index in [1.165, 1.54) is 16.9 Å². The number of nitrogens with zero attached hydrogens (tertiary/aromatic N) is 4. The SMILES string of the molecule is COc1cccc(OCC(=O)N(CCn2nc(C)cc2C)c2nc3c(C(C)C)cccc3s2)c1. The van der Waals surface area contributed by atoms with Crippen LogP contribution in [0.15, 0.2) is 48.5 Å². The fourth-order valence-electron chi connectivity index (χ4n) is 3.88. The highest BCUT2D eigenvalue weighted by Gasteiger charge is 2.22. The highest BCUT2D eigenvalue weighted by molar-refractivity contribution is 7.22. The molecule has 0 saturated carbocycles. The summed E-state index contributed by atoms with van der Waals surface area (Å²) in [7, 11) is 1.60. The van der Waals surface area contributed by atoms with Crippen molar-refractivity contribution in [1.29, 1.82) is 0 Å². The van der Waals surface area contributed by atoms with E-state index < -0.39 is 0 Å². The number of carbonyl (C=O) groups excluding carboxylic acids is 1. The van der Waals surface area contributed by atoms with Gasteiger partial charge in [0.1, 0.15) is 11.5 Å². The summed E-state index contributed by atoms with van der Waals surface area (Å²) in [5.41, 5.74) is 4.15. The number of aryl methyl sites for hydroxylation is 2. The minimum absolute atomic E-state index is 0.1000. The Morgan fingerprint density at radius 3 is 2.59 bits per heavy atom. The summed E-state index contributed by atoms with van der Waals surface area (Å²) in [6.07, 6.45) is 0. The van der Waals surface area contributed by atoms with Gasteiger partial charge < -0.3 is 9.47 Å². The molecular formula is C26H30N4O3S. The van der Waals surface area contributed by atoms with Gasteiger partial charge in [-0.1, -0.05) is 43.4 Å². The predicted molar refractivity (Wildman–Crippen MR) is 136 cm³/mol. The van der Waals surface area contributed by atoms with Crippen molar-refractivity contribution >= 4 is 32.6 Å². The number of hydrogen-bond acceptors (Lipinski definition) is 6. The van der Waals surface area contributed by atoms with E-state index in [1.54, 1.807) is 18.1 Å². The summed E-state index contributed by atoms with van der Waals surface area (Å²) < 4.78 is 14.1. The Hall–Kier alpha value is -3.39. The van der Waals surface area contributed by atoms with E-state index in [2.05, 4.69) is 31.1 Å². The molecule has 1 amide bonds.